The number of carbonyl (C=O) groups excluding carboxylic acids is 2. The molecule has 0 atom stereocenters. The molecular weight excluding hydrogens is 409 g/mol. The van der Waals surface area contributed by atoms with Crippen LogP contribution in [0.5, 0.6) is 5.75 Å². The Labute approximate surface area is 176 Å². The summed E-state index contributed by atoms with van der Waals surface area (Å²) < 4.78 is 42.3. The first-order valence-electron chi connectivity index (χ1n) is 9.33. The maximum atomic E-state index is 12.5. The summed E-state index contributed by atoms with van der Waals surface area (Å²) in [4.78, 5) is 24.2. The van der Waals surface area contributed by atoms with Crippen molar-refractivity contribution in [3.05, 3.63) is 95.6 Å². The quantitative estimate of drug-likeness (QED) is 0.568. The predicted octanol–water partition coefficient (Wildman–Crippen LogP) is 4.81. The van der Waals surface area contributed by atoms with Gasteiger partial charge in [-0.15, -0.1) is 0 Å². The Balaban J connectivity index is 1.58. The Bertz CT molecular complexity index is 1040. The normalized spacial score (nSPS) is 10.9. The highest BCUT2D eigenvalue weighted by Gasteiger charge is 2.27. The molecule has 0 aromatic heterocycles. The Kier molecular flexibility index (Phi) is 6.92. The summed E-state index contributed by atoms with van der Waals surface area (Å²) in [5, 5.41) is 4.47. The summed E-state index contributed by atoms with van der Waals surface area (Å²) in [6.07, 6.45) is -4.48. The van der Waals surface area contributed by atoms with Gasteiger partial charge in [0.1, 0.15) is 18.9 Å². The highest BCUT2D eigenvalue weighted by Crippen LogP contribution is 2.18. The molecule has 0 bridgehead atoms. The molecule has 3 aromatic rings. The first kappa shape index (κ1) is 21.9. The maximum absolute atomic E-state index is 12.5. The Morgan fingerprint density at radius 3 is 2.19 bits per heavy atom. The van der Waals surface area contributed by atoms with Crippen molar-refractivity contribution < 1.29 is 27.5 Å². The van der Waals surface area contributed by atoms with E-state index in [2.05, 4.69) is 5.32 Å². The SMILES string of the molecule is O=C(NCC(F)(F)F)c1ccc(NC(=O)c2cccc(OCc3ccccc3)c2)cc1. The molecule has 0 unspecified atom stereocenters. The predicted molar refractivity (Wildman–Crippen MR) is 110 cm³/mol. The molecule has 0 heterocycles. The van der Waals surface area contributed by atoms with Gasteiger partial charge in [0.15, 0.2) is 0 Å². The third-order valence-electron chi connectivity index (χ3n) is 4.20. The number of ether oxygens (including phenoxy) is 1. The molecule has 0 radical (unpaired) electrons. The van der Waals surface area contributed by atoms with Crippen molar-refractivity contribution in [2.75, 3.05) is 11.9 Å². The number of carbonyl (C=O) groups is 2. The smallest absolute Gasteiger partial charge is 0.405 e. The summed E-state index contributed by atoms with van der Waals surface area (Å²) in [6.45, 7) is -1.04. The van der Waals surface area contributed by atoms with Gasteiger partial charge in [-0.05, 0) is 48.0 Å². The minimum atomic E-state index is -4.48. The molecule has 0 fully saturated rings. The average molecular weight is 428 g/mol. The standard InChI is InChI=1S/C23H19F3N2O3/c24-23(25,26)15-27-21(29)17-9-11-19(12-10-17)28-22(30)18-7-4-8-20(13-18)31-14-16-5-2-1-3-6-16/h1-13H,14-15H2,(H,27,29)(H,28,30). The second kappa shape index (κ2) is 9.80. The molecule has 3 aromatic carbocycles. The molecule has 8 heteroatoms. The van der Waals surface area contributed by atoms with Crippen LogP contribution in [-0.2, 0) is 6.61 Å². The van der Waals surface area contributed by atoms with Crippen LogP contribution < -0.4 is 15.4 Å². The summed E-state index contributed by atoms with van der Waals surface area (Å²) in [5.74, 6) is -0.703. The third kappa shape index (κ3) is 6.88. The van der Waals surface area contributed by atoms with Gasteiger partial charge in [-0.2, -0.15) is 13.2 Å². The van der Waals surface area contributed by atoms with Crippen molar-refractivity contribution in [1.29, 1.82) is 0 Å². The molecule has 3 rings (SSSR count). The molecule has 160 valence electrons. The number of nitrogens with one attached hydrogen (secondary N) is 2. The molecule has 0 saturated carbocycles. The maximum Gasteiger partial charge on any atom is 0.405 e. The fourth-order valence-electron chi connectivity index (χ4n) is 2.66. The van der Waals surface area contributed by atoms with E-state index in [1.54, 1.807) is 29.6 Å². The molecule has 31 heavy (non-hydrogen) atoms. The number of benzene rings is 3. The highest BCUT2D eigenvalue weighted by atomic mass is 19.4. The average Bonchev–Trinajstić information content (AvgIpc) is 2.77. The van der Waals surface area contributed by atoms with E-state index in [9.17, 15) is 22.8 Å². The molecule has 2 amide bonds. The van der Waals surface area contributed by atoms with Crippen LogP contribution in [0.4, 0.5) is 18.9 Å². The van der Waals surface area contributed by atoms with E-state index >= 15 is 0 Å². The topological polar surface area (TPSA) is 67.4 Å². The summed E-state index contributed by atoms with van der Waals surface area (Å²) in [5.41, 5.74) is 1.82. The Morgan fingerprint density at radius 2 is 1.52 bits per heavy atom. The van der Waals surface area contributed by atoms with Gasteiger partial charge in [0.05, 0.1) is 0 Å². The summed E-state index contributed by atoms with van der Waals surface area (Å²) in [7, 11) is 0. The number of hydrogen-bond acceptors (Lipinski definition) is 3. The molecule has 0 aliphatic carbocycles. The van der Waals surface area contributed by atoms with Gasteiger partial charge in [0, 0.05) is 16.8 Å². The molecule has 0 aliphatic rings. The second-order valence-electron chi connectivity index (χ2n) is 6.63. The molecule has 0 aliphatic heterocycles. The minimum Gasteiger partial charge on any atom is -0.489 e. The number of rotatable bonds is 7. The zero-order valence-electron chi connectivity index (χ0n) is 16.3. The van der Waals surface area contributed by atoms with Crippen molar-refractivity contribution in [3.8, 4) is 5.75 Å². The van der Waals surface area contributed by atoms with Crippen molar-refractivity contribution in [2.24, 2.45) is 0 Å². The van der Waals surface area contributed by atoms with Crippen LogP contribution >= 0.6 is 0 Å². The van der Waals surface area contributed by atoms with Crippen molar-refractivity contribution >= 4 is 17.5 Å². The van der Waals surface area contributed by atoms with Crippen LogP contribution in [0, 0.1) is 0 Å². The number of amides is 2. The van der Waals surface area contributed by atoms with Crippen LogP contribution in [-0.4, -0.2) is 24.5 Å². The van der Waals surface area contributed by atoms with Crippen molar-refractivity contribution in [2.45, 2.75) is 12.8 Å². The first-order valence-corrected chi connectivity index (χ1v) is 9.33. The van der Waals surface area contributed by atoms with E-state index in [1.807, 2.05) is 30.3 Å². The largest absolute Gasteiger partial charge is 0.489 e. The lowest BCUT2D eigenvalue weighted by molar-refractivity contribution is -0.123. The van der Waals surface area contributed by atoms with Gasteiger partial charge in [-0.1, -0.05) is 36.4 Å². The van der Waals surface area contributed by atoms with Gasteiger partial charge >= 0.3 is 6.18 Å². The van der Waals surface area contributed by atoms with E-state index in [4.69, 9.17) is 4.74 Å². The van der Waals surface area contributed by atoms with Gasteiger partial charge in [0.25, 0.3) is 11.8 Å². The Morgan fingerprint density at radius 1 is 0.806 bits per heavy atom. The number of halogens is 3. The van der Waals surface area contributed by atoms with E-state index in [1.165, 1.54) is 24.3 Å². The van der Waals surface area contributed by atoms with E-state index in [-0.39, 0.29) is 11.5 Å². The van der Waals surface area contributed by atoms with Crippen LogP contribution in [0.1, 0.15) is 26.3 Å². The lowest BCUT2D eigenvalue weighted by atomic mass is 10.1. The lowest BCUT2D eigenvalue weighted by Crippen LogP contribution is -2.33. The summed E-state index contributed by atoms with van der Waals surface area (Å²) in [6, 6.07) is 21.8. The van der Waals surface area contributed by atoms with Gasteiger partial charge < -0.3 is 15.4 Å². The van der Waals surface area contributed by atoms with Crippen LogP contribution in [0.2, 0.25) is 0 Å². The lowest BCUT2D eigenvalue weighted by Gasteiger charge is -2.10. The van der Waals surface area contributed by atoms with E-state index in [0.717, 1.165) is 5.56 Å². The van der Waals surface area contributed by atoms with E-state index < -0.39 is 18.6 Å². The fraction of sp³-hybridized carbons (Fsp3) is 0.130. The number of alkyl halides is 3. The monoisotopic (exact) mass is 428 g/mol. The first-order chi connectivity index (χ1) is 14.8. The number of hydrogen-bond donors (Lipinski definition) is 2. The summed E-state index contributed by atoms with van der Waals surface area (Å²) >= 11 is 0. The van der Waals surface area contributed by atoms with Crippen molar-refractivity contribution in [3.63, 3.8) is 0 Å². The van der Waals surface area contributed by atoms with Gasteiger partial charge in [-0.3, -0.25) is 9.59 Å². The zero-order valence-corrected chi connectivity index (χ0v) is 16.3. The third-order valence-corrected chi connectivity index (χ3v) is 4.20. The molecule has 5 nitrogen and oxygen atoms in total. The zero-order chi connectivity index (χ0) is 22.3. The molecule has 0 spiro atoms. The fourth-order valence-corrected chi connectivity index (χ4v) is 2.66. The van der Waals surface area contributed by atoms with Gasteiger partial charge in [-0.25, -0.2) is 0 Å². The van der Waals surface area contributed by atoms with Crippen LogP contribution in [0.3, 0.4) is 0 Å². The van der Waals surface area contributed by atoms with E-state index in [0.29, 0.717) is 23.6 Å². The number of anilines is 1. The highest BCUT2D eigenvalue weighted by molar-refractivity contribution is 6.04. The molecule has 2 N–H and O–H groups in total. The van der Waals surface area contributed by atoms with Gasteiger partial charge in [0.2, 0.25) is 0 Å². The Hall–Kier alpha value is -3.81. The second-order valence-corrected chi connectivity index (χ2v) is 6.63. The molecular formula is C23H19F3N2O3. The minimum absolute atomic E-state index is 0.0542. The molecule has 0 saturated heterocycles. The van der Waals surface area contributed by atoms with Crippen LogP contribution in [0.25, 0.3) is 0 Å². The van der Waals surface area contributed by atoms with Crippen LogP contribution in [0.15, 0.2) is 78.9 Å². The van der Waals surface area contributed by atoms with Crippen molar-refractivity contribution in [1.82, 2.24) is 5.32 Å².